The molecule has 2 aromatic rings. The molecule has 0 bridgehead atoms. The molecule has 2 saturated heterocycles. The molecule has 0 spiro atoms. The molecule has 2 aliphatic rings. The smallest absolute Gasteiger partial charge is 0.353 e. The van der Waals surface area contributed by atoms with Crippen LogP contribution in [0.5, 0.6) is 5.88 Å². The van der Waals surface area contributed by atoms with Gasteiger partial charge in [0, 0.05) is 12.3 Å². The quantitative estimate of drug-likeness (QED) is 0.290. The lowest BCUT2D eigenvalue weighted by atomic mass is 10.1. The molecule has 3 atom stereocenters. The number of hydrogen-bond acceptors (Lipinski definition) is 9. The van der Waals surface area contributed by atoms with Crippen molar-refractivity contribution in [2.75, 3.05) is 13.2 Å². The largest absolute Gasteiger partial charge is 0.478 e. The zero-order valence-electron chi connectivity index (χ0n) is 26.9. The topological polar surface area (TPSA) is 115 Å². The number of aromatic nitrogens is 2. The Bertz CT molecular complexity index is 1500. The fourth-order valence-corrected chi connectivity index (χ4v) is 18.5. The Hall–Kier alpha value is -2.21. The molecule has 0 saturated carbocycles. The number of hydrogen-bond donors (Lipinski definition) is 0. The number of halogens is 1. The Balaban J connectivity index is 1.99. The predicted molar refractivity (Wildman–Crippen MR) is 169 cm³/mol. The Labute approximate surface area is 262 Å². The second-order valence-corrected chi connectivity index (χ2v) is 23.2. The summed E-state index contributed by atoms with van der Waals surface area (Å²) in [5.41, 5.74) is -1.24. The monoisotopic (exact) mass is 668 g/mol. The molecule has 2 fully saturated rings. The highest BCUT2D eigenvalue weighted by Gasteiger charge is 2.61. The van der Waals surface area contributed by atoms with E-state index in [4.69, 9.17) is 22.4 Å². The van der Waals surface area contributed by atoms with E-state index in [-0.39, 0.29) is 51.7 Å². The van der Waals surface area contributed by atoms with Crippen molar-refractivity contribution in [1.82, 2.24) is 9.55 Å². The van der Waals surface area contributed by atoms with E-state index < -0.39 is 56.2 Å². The van der Waals surface area contributed by atoms with E-state index in [9.17, 15) is 13.2 Å². The highest BCUT2D eigenvalue weighted by atomic mass is 32.2. The molecule has 3 heterocycles. The zero-order valence-corrected chi connectivity index (χ0v) is 29.8. The van der Waals surface area contributed by atoms with Crippen LogP contribution >= 0.6 is 0 Å². The van der Waals surface area contributed by atoms with Gasteiger partial charge in [-0.1, -0.05) is 73.6 Å². The van der Waals surface area contributed by atoms with E-state index >= 15 is 4.39 Å². The van der Waals surface area contributed by atoms with Crippen molar-refractivity contribution in [3.8, 4) is 5.88 Å². The van der Waals surface area contributed by atoms with Gasteiger partial charge in [0.2, 0.25) is 20.9 Å². The SMILES string of the molecule is CCOc1ccn([C@H]2O[C@@H]3CO[Si](C(C)C)(C(C)C)O[Si](C(C)C)(C(C)C)O[C@H]3/C2=C(/F)S(=O)(=O)c2ccccc2)c(=O)n1. The lowest BCUT2D eigenvalue weighted by molar-refractivity contribution is -0.0562. The van der Waals surface area contributed by atoms with E-state index in [1.807, 2.05) is 27.7 Å². The van der Waals surface area contributed by atoms with Gasteiger partial charge in [-0.05, 0) is 41.2 Å². The van der Waals surface area contributed by atoms with Crippen LogP contribution in [0.25, 0.3) is 0 Å². The van der Waals surface area contributed by atoms with Gasteiger partial charge in [0.25, 0.3) is 0 Å². The predicted octanol–water partition coefficient (Wildman–Crippen LogP) is 6.15. The van der Waals surface area contributed by atoms with Gasteiger partial charge in [0.15, 0.2) is 6.23 Å². The van der Waals surface area contributed by atoms with E-state index in [0.717, 1.165) is 4.57 Å². The maximum absolute atomic E-state index is 16.8. The molecule has 2 aliphatic heterocycles. The molecule has 1 aromatic heterocycles. The minimum atomic E-state index is -4.66. The molecule has 14 heteroatoms. The Kier molecular flexibility index (Phi) is 10.4. The molecule has 10 nitrogen and oxygen atoms in total. The van der Waals surface area contributed by atoms with Gasteiger partial charge >= 0.3 is 22.8 Å². The molecule has 0 unspecified atom stereocenters. The third-order valence-electron chi connectivity index (χ3n) is 8.40. The highest BCUT2D eigenvalue weighted by molar-refractivity contribution is 7.95. The van der Waals surface area contributed by atoms with Gasteiger partial charge in [-0.15, -0.1) is 0 Å². The maximum Gasteiger partial charge on any atom is 0.353 e. The van der Waals surface area contributed by atoms with Crippen LogP contribution < -0.4 is 10.4 Å². The molecule has 244 valence electrons. The van der Waals surface area contributed by atoms with Gasteiger partial charge in [0.1, 0.15) is 12.2 Å². The summed E-state index contributed by atoms with van der Waals surface area (Å²) in [4.78, 5) is 17.0. The first-order chi connectivity index (χ1) is 20.6. The summed E-state index contributed by atoms with van der Waals surface area (Å²) in [6.07, 6.45) is -2.25. The minimum absolute atomic E-state index is 0.0359. The van der Waals surface area contributed by atoms with Crippen LogP contribution in [0.3, 0.4) is 0 Å². The van der Waals surface area contributed by atoms with Gasteiger partial charge in [-0.2, -0.15) is 9.37 Å². The summed E-state index contributed by atoms with van der Waals surface area (Å²) in [7, 11) is -11.0. The second kappa shape index (κ2) is 13.3. The standard InChI is InChI=1S/C30H45FN2O8SSi2/c1-10-37-25-16-17-33(30(34)32-25)29-26(28(31)42(35,36)23-14-12-11-13-15-23)27-24(39-29)18-38-43(19(2)3,20(4)5)41-44(40-27,21(6)7)22(8)9/h11-17,19-22,24,27,29H,10,18H2,1-9H3/b28-26+/t24-,27-,29+/m1/s1. The van der Waals surface area contributed by atoms with Crippen LogP contribution in [-0.4, -0.2) is 60.5 Å². The van der Waals surface area contributed by atoms with Crippen molar-refractivity contribution in [1.29, 1.82) is 0 Å². The average Bonchev–Trinajstić information content (AvgIpc) is 3.29. The molecule has 1 aromatic carbocycles. The third kappa shape index (κ3) is 6.14. The molecule has 44 heavy (non-hydrogen) atoms. The molecular weight excluding hydrogens is 624 g/mol. The lowest BCUT2D eigenvalue weighted by Gasteiger charge is -2.51. The van der Waals surface area contributed by atoms with Gasteiger partial charge in [-0.25, -0.2) is 13.2 Å². The summed E-state index contributed by atoms with van der Waals surface area (Å²) in [6.45, 7) is 18.4. The maximum atomic E-state index is 16.8. The van der Waals surface area contributed by atoms with E-state index in [1.165, 1.54) is 36.5 Å². The van der Waals surface area contributed by atoms with E-state index in [2.05, 4.69) is 32.7 Å². The Morgan fingerprint density at radius 3 is 2.11 bits per heavy atom. The average molecular weight is 669 g/mol. The number of sulfone groups is 1. The second-order valence-electron chi connectivity index (χ2n) is 12.5. The highest BCUT2D eigenvalue weighted by Crippen LogP contribution is 2.50. The zero-order chi connectivity index (χ0) is 32.6. The van der Waals surface area contributed by atoms with Crippen LogP contribution in [-0.2, 0) is 27.5 Å². The fraction of sp³-hybridized carbons (Fsp3) is 0.600. The molecular formula is C30H45FN2O8SSi2. The summed E-state index contributed by atoms with van der Waals surface area (Å²) in [5.74, 6) is 0.0874. The molecule has 0 aliphatic carbocycles. The number of ether oxygens (including phenoxy) is 2. The van der Waals surface area contributed by atoms with Crippen LogP contribution in [0.4, 0.5) is 4.39 Å². The normalized spacial score (nSPS) is 24.8. The molecule has 4 rings (SSSR count). The summed E-state index contributed by atoms with van der Waals surface area (Å²) in [5, 5.41) is -1.44. The Morgan fingerprint density at radius 1 is 1.00 bits per heavy atom. The number of nitrogens with zero attached hydrogens (tertiary/aromatic N) is 2. The Morgan fingerprint density at radius 2 is 1.59 bits per heavy atom. The molecule has 0 amide bonds. The summed E-state index contributed by atoms with van der Waals surface area (Å²) in [6, 6.07) is 8.77. The molecule has 0 radical (unpaired) electrons. The fourth-order valence-electron chi connectivity index (χ4n) is 6.13. The number of fused-ring (bicyclic) bond motifs is 1. The van der Waals surface area contributed by atoms with Gasteiger partial charge < -0.3 is 22.4 Å². The first-order valence-electron chi connectivity index (χ1n) is 15.2. The van der Waals surface area contributed by atoms with Crippen LogP contribution in [0.15, 0.2) is 63.0 Å². The van der Waals surface area contributed by atoms with E-state index in [1.54, 1.807) is 13.0 Å². The lowest BCUT2D eigenvalue weighted by Crippen LogP contribution is -2.65. The first kappa shape index (κ1) is 34.7. The van der Waals surface area contributed by atoms with Crippen LogP contribution in [0.1, 0.15) is 68.5 Å². The van der Waals surface area contributed by atoms with Crippen LogP contribution in [0, 0.1) is 0 Å². The molecule has 0 N–H and O–H groups in total. The summed E-state index contributed by atoms with van der Waals surface area (Å²) >= 11 is 0. The number of benzene rings is 1. The number of rotatable bonds is 9. The van der Waals surface area contributed by atoms with Gasteiger partial charge in [-0.3, -0.25) is 4.57 Å². The minimum Gasteiger partial charge on any atom is -0.478 e. The van der Waals surface area contributed by atoms with Gasteiger partial charge in [0.05, 0.1) is 23.7 Å². The van der Waals surface area contributed by atoms with Crippen molar-refractivity contribution in [3.63, 3.8) is 0 Å². The van der Waals surface area contributed by atoms with E-state index in [0.29, 0.717) is 0 Å². The van der Waals surface area contributed by atoms with Crippen molar-refractivity contribution < 1.29 is 35.2 Å². The van der Waals surface area contributed by atoms with Crippen molar-refractivity contribution in [2.45, 2.75) is 108 Å². The third-order valence-corrected chi connectivity index (χ3v) is 20.2. The summed E-state index contributed by atoms with van der Waals surface area (Å²) < 4.78 is 78.1. The van der Waals surface area contributed by atoms with Crippen LogP contribution in [0.2, 0.25) is 22.2 Å². The first-order valence-corrected chi connectivity index (χ1v) is 20.6. The van der Waals surface area contributed by atoms with Crippen molar-refractivity contribution in [2.24, 2.45) is 0 Å². The van der Waals surface area contributed by atoms with Crippen molar-refractivity contribution >= 4 is 27.0 Å². The van der Waals surface area contributed by atoms with Crippen molar-refractivity contribution in [3.05, 3.63) is 63.8 Å².